The number of ketones is 3. The average molecular weight is 608 g/mol. The summed E-state index contributed by atoms with van der Waals surface area (Å²) in [6, 6.07) is 41.2. The van der Waals surface area contributed by atoms with E-state index in [1.807, 2.05) is 62.4 Å². The summed E-state index contributed by atoms with van der Waals surface area (Å²) >= 11 is 0. The van der Waals surface area contributed by atoms with Crippen molar-refractivity contribution >= 4 is 23.1 Å². The molecular formula is C40H37N3O3. The number of hydrogen-bond donors (Lipinski definition) is 0. The van der Waals surface area contributed by atoms with Gasteiger partial charge >= 0.3 is 0 Å². The summed E-state index contributed by atoms with van der Waals surface area (Å²) in [6.45, 7) is 3.82. The lowest BCUT2D eigenvalue weighted by atomic mass is 9.72. The van der Waals surface area contributed by atoms with Crippen LogP contribution in [0, 0.1) is 0 Å². The molecule has 46 heavy (non-hydrogen) atoms. The van der Waals surface area contributed by atoms with E-state index in [0.717, 1.165) is 11.3 Å². The minimum Gasteiger partial charge on any atom is -0.291 e. The zero-order valence-corrected chi connectivity index (χ0v) is 26.6. The van der Waals surface area contributed by atoms with Gasteiger partial charge in [-0.3, -0.25) is 24.3 Å². The molecule has 5 aromatic rings. The van der Waals surface area contributed by atoms with Gasteiger partial charge in [0.15, 0.2) is 17.3 Å². The second-order valence-corrected chi connectivity index (χ2v) is 11.5. The van der Waals surface area contributed by atoms with Crippen LogP contribution in [0.25, 0.3) is 0 Å². The SMILES string of the molecule is CN=C(C)c1cccc(C(C)(Cc2ccccc2)N(C)C(C(=O)c2ccccc2)(C(=O)c2ccccc2)C(=O)c2ccccc2)n1. The Kier molecular flexibility index (Phi) is 9.59. The molecule has 0 bridgehead atoms. The topological polar surface area (TPSA) is 79.7 Å². The van der Waals surface area contributed by atoms with Gasteiger partial charge < -0.3 is 0 Å². The van der Waals surface area contributed by atoms with E-state index >= 15 is 14.4 Å². The lowest BCUT2D eigenvalue weighted by molar-refractivity contribution is 0.0156. The molecule has 1 heterocycles. The van der Waals surface area contributed by atoms with Gasteiger partial charge in [-0.2, -0.15) is 0 Å². The second-order valence-electron chi connectivity index (χ2n) is 11.5. The van der Waals surface area contributed by atoms with Crippen molar-refractivity contribution in [2.24, 2.45) is 4.99 Å². The summed E-state index contributed by atoms with van der Waals surface area (Å²) in [5, 5.41) is 0. The van der Waals surface area contributed by atoms with Crippen LogP contribution in [0.2, 0.25) is 0 Å². The fourth-order valence-corrected chi connectivity index (χ4v) is 5.96. The average Bonchev–Trinajstić information content (AvgIpc) is 3.12. The summed E-state index contributed by atoms with van der Waals surface area (Å²) in [5.74, 6) is -1.83. The van der Waals surface area contributed by atoms with Crippen LogP contribution >= 0.6 is 0 Å². The molecule has 0 amide bonds. The van der Waals surface area contributed by atoms with E-state index in [1.165, 1.54) is 0 Å². The normalized spacial score (nSPS) is 13.2. The Morgan fingerprint density at radius 1 is 0.630 bits per heavy atom. The number of rotatable bonds is 12. The Hall–Kier alpha value is -5.33. The molecule has 230 valence electrons. The van der Waals surface area contributed by atoms with Crippen LogP contribution in [0.15, 0.2) is 145 Å². The number of carbonyl (C=O) groups is 3. The molecule has 0 radical (unpaired) electrons. The molecule has 0 aliphatic rings. The summed E-state index contributed by atoms with van der Waals surface area (Å²) in [4.78, 5) is 56.5. The van der Waals surface area contributed by atoms with Gasteiger partial charge in [-0.15, -0.1) is 0 Å². The van der Waals surface area contributed by atoms with E-state index in [9.17, 15) is 0 Å². The van der Waals surface area contributed by atoms with Crippen molar-refractivity contribution in [2.75, 3.05) is 14.1 Å². The smallest absolute Gasteiger partial charge is 0.212 e. The Labute approximate surface area is 270 Å². The molecule has 0 aliphatic heterocycles. The van der Waals surface area contributed by atoms with E-state index in [1.54, 1.807) is 110 Å². The maximum Gasteiger partial charge on any atom is 0.212 e. The van der Waals surface area contributed by atoms with Crippen LogP contribution in [0.3, 0.4) is 0 Å². The number of aromatic nitrogens is 1. The first-order valence-electron chi connectivity index (χ1n) is 15.2. The molecule has 4 aromatic carbocycles. The number of carbonyl (C=O) groups excluding carboxylic acids is 3. The van der Waals surface area contributed by atoms with E-state index in [2.05, 4.69) is 4.99 Å². The van der Waals surface area contributed by atoms with Crippen molar-refractivity contribution < 1.29 is 14.4 Å². The van der Waals surface area contributed by atoms with Gasteiger partial charge in [0.25, 0.3) is 0 Å². The molecule has 6 heteroatoms. The number of aliphatic imine (C=N–C) groups is 1. The van der Waals surface area contributed by atoms with Crippen molar-refractivity contribution in [1.29, 1.82) is 0 Å². The van der Waals surface area contributed by atoms with Gasteiger partial charge in [0.2, 0.25) is 5.54 Å². The minimum absolute atomic E-state index is 0.251. The fraction of sp³-hybridized carbons (Fsp3) is 0.175. The lowest BCUT2D eigenvalue weighted by Crippen LogP contribution is -2.69. The Bertz CT molecular complexity index is 1730. The monoisotopic (exact) mass is 607 g/mol. The molecule has 0 aliphatic carbocycles. The predicted molar refractivity (Wildman–Crippen MR) is 183 cm³/mol. The second kappa shape index (κ2) is 13.8. The Morgan fingerprint density at radius 3 is 1.46 bits per heavy atom. The lowest BCUT2D eigenvalue weighted by Gasteiger charge is -2.48. The van der Waals surface area contributed by atoms with Gasteiger partial charge in [-0.25, -0.2) is 4.98 Å². The standard InChI is InChI=1S/C40H37N3O3/c1-29(41-3)34-26-17-27-35(42-34)39(2,28-30-18-9-5-10-19-30)43(4)40(36(44)31-20-11-6-12-21-31,37(45)32-22-13-7-14-23-32)38(46)33-24-15-8-16-25-33/h5-27H,28H2,1-4H3. The van der Waals surface area contributed by atoms with Crippen LogP contribution in [0.4, 0.5) is 0 Å². The van der Waals surface area contributed by atoms with Gasteiger partial charge in [0, 0.05) is 23.7 Å². The zero-order valence-electron chi connectivity index (χ0n) is 26.6. The van der Waals surface area contributed by atoms with Crippen LogP contribution in [-0.4, -0.2) is 52.6 Å². The highest BCUT2D eigenvalue weighted by atomic mass is 16.2. The first kappa shape index (κ1) is 32.1. The van der Waals surface area contributed by atoms with Crippen LogP contribution in [0.1, 0.15) is 61.9 Å². The highest BCUT2D eigenvalue weighted by Gasteiger charge is 2.60. The third-order valence-corrected chi connectivity index (χ3v) is 8.74. The quantitative estimate of drug-likeness (QED) is 0.0845. The molecule has 0 spiro atoms. The summed E-state index contributed by atoms with van der Waals surface area (Å²) < 4.78 is 0. The summed E-state index contributed by atoms with van der Waals surface area (Å²) in [6.07, 6.45) is 0.344. The van der Waals surface area contributed by atoms with Crippen LogP contribution in [0.5, 0.6) is 0 Å². The molecule has 6 nitrogen and oxygen atoms in total. The number of hydrogen-bond acceptors (Lipinski definition) is 6. The third-order valence-electron chi connectivity index (χ3n) is 8.74. The molecular weight excluding hydrogens is 570 g/mol. The van der Waals surface area contributed by atoms with E-state index < -0.39 is 28.4 Å². The summed E-state index contributed by atoms with van der Waals surface area (Å²) in [7, 11) is 3.40. The molecule has 0 fully saturated rings. The first-order valence-corrected chi connectivity index (χ1v) is 15.2. The van der Waals surface area contributed by atoms with Crippen molar-refractivity contribution in [3.63, 3.8) is 0 Å². The van der Waals surface area contributed by atoms with E-state index in [4.69, 9.17) is 4.98 Å². The van der Waals surface area contributed by atoms with Gasteiger partial charge in [-0.1, -0.05) is 127 Å². The molecule has 1 aromatic heterocycles. The number of Topliss-reactive ketones (excluding diaryl/α,β-unsaturated/α-hetero) is 3. The molecule has 5 rings (SSSR count). The molecule has 0 N–H and O–H groups in total. The zero-order chi connectivity index (χ0) is 32.7. The largest absolute Gasteiger partial charge is 0.291 e. The van der Waals surface area contributed by atoms with Gasteiger partial charge in [0.05, 0.1) is 22.6 Å². The van der Waals surface area contributed by atoms with Gasteiger partial charge in [-0.05, 0) is 45.0 Å². The van der Waals surface area contributed by atoms with E-state index in [0.29, 0.717) is 17.8 Å². The molecule has 0 saturated carbocycles. The van der Waals surface area contributed by atoms with Crippen molar-refractivity contribution in [1.82, 2.24) is 9.88 Å². The number of pyridine rings is 1. The van der Waals surface area contributed by atoms with Crippen molar-refractivity contribution in [2.45, 2.75) is 31.3 Å². The predicted octanol–water partition coefficient (Wildman–Crippen LogP) is 7.30. The van der Waals surface area contributed by atoms with Gasteiger partial charge in [0.1, 0.15) is 0 Å². The highest BCUT2D eigenvalue weighted by Crippen LogP contribution is 2.40. The van der Waals surface area contributed by atoms with Crippen LogP contribution in [-0.2, 0) is 12.0 Å². The molecule has 1 unspecified atom stereocenters. The third kappa shape index (κ3) is 6.00. The first-order chi connectivity index (χ1) is 22.2. The molecule has 1 atom stereocenters. The van der Waals surface area contributed by atoms with E-state index in [-0.39, 0.29) is 16.7 Å². The molecule has 0 saturated heterocycles. The van der Waals surface area contributed by atoms with Crippen molar-refractivity contribution in [3.8, 4) is 0 Å². The maximum absolute atomic E-state index is 15.2. The summed E-state index contributed by atoms with van der Waals surface area (Å²) in [5.41, 5.74) is 0.234. The van der Waals surface area contributed by atoms with Crippen molar-refractivity contribution in [3.05, 3.63) is 173 Å². The number of likely N-dealkylation sites (N-methyl/N-ethyl adjacent to an activating group) is 1. The van der Waals surface area contributed by atoms with Crippen LogP contribution < -0.4 is 0 Å². The Morgan fingerprint density at radius 2 is 1.04 bits per heavy atom. The maximum atomic E-state index is 15.2. The number of benzene rings is 4. The Balaban J connectivity index is 1.87. The number of nitrogens with zero attached hydrogens (tertiary/aromatic N) is 3. The highest BCUT2D eigenvalue weighted by molar-refractivity contribution is 6.40. The fourth-order valence-electron chi connectivity index (χ4n) is 5.96. The minimum atomic E-state index is -2.31.